The molecule has 0 fully saturated rings. The van der Waals surface area contributed by atoms with E-state index >= 15 is 0 Å². The summed E-state index contributed by atoms with van der Waals surface area (Å²) in [7, 11) is 0. The van der Waals surface area contributed by atoms with Gasteiger partial charge in [-0.1, -0.05) is 6.07 Å². The van der Waals surface area contributed by atoms with Gasteiger partial charge < -0.3 is 5.32 Å². The van der Waals surface area contributed by atoms with E-state index in [4.69, 9.17) is 0 Å². The number of amides is 1. The van der Waals surface area contributed by atoms with E-state index in [2.05, 4.69) is 31.2 Å². The average Bonchev–Trinajstić information content (AvgIpc) is 2.38. The minimum absolute atomic E-state index is 0.207. The molecule has 2 heterocycles. The SMILES string of the molecule is O=C(NCc1cccnc1)c1ncccc1Br. The highest BCUT2D eigenvalue weighted by Gasteiger charge is 2.10. The summed E-state index contributed by atoms with van der Waals surface area (Å²) in [6.07, 6.45) is 5.00. The molecule has 0 spiro atoms. The first-order valence-corrected chi connectivity index (χ1v) is 5.84. The van der Waals surface area contributed by atoms with Crippen LogP contribution in [-0.2, 0) is 6.54 Å². The molecular weight excluding hydrogens is 282 g/mol. The monoisotopic (exact) mass is 291 g/mol. The third kappa shape index (κ3) is 3.10. The van der Waals surface area contributed by atoms with Gasteiger partial charge in [-0.25, -0.2) is 4.98 Å². The van der Waals surface area contributed by atoms with Gasteiger partial charge in [0.25, 0.3) is 5.91 Å². The first-order chi connectivity index (χ1) is 8.27. The van der Waals surface area contributed by atoms with Crippen molar-refractivity contribution in [2.45, 2.75) is 6.54 Å². The Bertz CT molecular complexity index is 516. The number of carbonyl (C=O) groups is 1. The standard InChI is InChI=1S/C12H10BrN3O/c13-10-4-2-6-15-11(10)12(17)16-8-9-3-1-5-14-7-9/h1-7H,8H2,(H,16,17). The number of hydrogen-bond acceptors (Lipinski definition) is 3. The predicted octanol–water partition coefficient (Wildman–Crippen LogP) is 2.17. The molecule has 4 nitrogen and oxygen atoms in total. The average molecular weight is 292 g/mol. The van der Waals surface area contributed by atoms with Crippen molar-refractivity contribution in [2.24, 2.45) is 0 Å². The van der Waals surface area contributed by atoms with Gasteiger partial charge in [-0.15, -0.1) is 0 Å². The van der Waals surface area contributed by atoms with E-state index in [9.17, 15) is 4.79 Å². The number of carbonyl (C=O) groups excluding carboxylic acids is 1. The van der Waals surface area contributed by atoms with Crippen molar-refractivity contribution in [3.63, 3.8) is 0 Å². The smallest absolute Gasteiger partial charge is 0.271 e. The largest absolute Gasteiger partial charge is 0.347 e. The Hall–Kier alpha value is -1.75. The summed E-state index contributed by atoms with van der Waals surface area (Å²) >= 11 is 3.29. The fourth-order valence-electron chi connectivity index (χ4n) is 1.32. The predicted molar refractivity (Wildman–Crippen MR) is 67.3 cm³/mol. The molecule has 0 aliphatic heterocycles. The topological polar surface area (TPSA) is 54.9 Å². The molecule has 0 saturated carbocycles. The Balaban J connectivity index is 2.01. The lowest BCUT2D eigenvalue weighted by molar-refractivity contribution is 0.0945. The van der Waals surface area contributed by atoms with Crippen molar-refractivity contribution in [2.75, 3.05) is 0 Å². The number of halogens is 1. The third-order valence-corrected chi connectivity index (χ3v) is 2.79. The summed E-state index contributed by atoms with van der Waals surface area (Å²) in [6, 6.07) is 7.28. The van der Waals surface area contributed by atoms with Crippen molar-refractivity contribution in [3.8, 4) is 0 Å². The lowest BCUT2D eigenvalue weighted by Gasteiger charge is -2.05. The minimum atomic E-state index is -0.207. The first kappa shape index (κ1) is 11.7. The highest BCUT2D eigenvalue weighted by atomic mass is 79.9. The second-order valence-electron chi connectivity index (χ2n) is 3.38. The van der Waals surface area contributed by atoms with Gasteiger partial charge in [0.1, 0.15) is 5.69 Å². The van der Waals surface area contributed by atoms with Gasteiger partial charge >= 0.3 is 0 Å². The molecule has 0 saturated heterocycles. The van der Waals surface area contributed by atoms with E-state index < -0.39 is 0 Å². The lowest BCUT2D eigenvalue weighted by Crippen LogP contribution is -2.24. The molecule has 1 N–H and O–H groups in total. The molecule has 5 heteroatoms. The van der Waals surface area contributed by atoms with Crippen LogP contribution in [0, 0.1) is 0 Å². The van der Waals surface area contributed by atoms with E-state index in [0.29, 0.717) is 16.7 Å². The maximum absolute atomic E-state index is 11.8. The second-order valence-corrected chi connectivity index (χ2v) is 4.23. The molecular formula is C12H10BrN3O. The molecule has 86 valence electrons. The quantitative estimate of drug-likeness (QED) is 0.943. The molecule has 2 aromatic rings. The number of pyridine rings is 2. The molecule has 2 rings (SSSR count). The highest BCUT2D eigenvalue weighted by Crippen LogP contribution is 2.12. The number of rotatable bonds is 3. The lowest BCUT2D eigenvalue weighted by atomic mass is 10.3. The van der Waals surface area contributed by atoms with Crippen LogP contribution in [0.3, 0.4) is 0 Å². The first-order valence-electron chi connectivity index (χ1n) is 5.05. The van der Waals surface area contributed by atoms with Gasteiger partial charge in [0.15, 0.2) is 0 Å². The van der Waals surface area contributed by atoms with Crippen molar-refractivity contribution in [3.05, 3.63) is 58.6 Å². The van der Waals surface area contributed by atoms with Gasteiger partial charge in [-0.3, -0.25) is 9.78 Å². The molecule has 0 unspecified atom stereocenters. The van der Waals surface area contributed by atoms with E-state index in [-0.39, 0.29) is 5.91 Å². The Labute approximate surface area is 107 Å². The normalized spacial score (nSPS) is 9.94. The molecule has 0 radical (unpaired) electrons. The number of aromatic nitrogens is 2. The molecule has 0 aliphatic carbocycles. The van der Waals surface area contributed by atoms with Crippen LogP contribution in [0.1, 0.15) is 16.1 Å². The van der Waals surface area contributed by atoms with Crippen molar-refractivity contribution >= 4 is 21.8 Å². The van der Waals surface area contributed by atoms with Crippen LogP contribution in [0.2, 0.25) is 0 Å². The zero-order chi connectivity index (χ0) is 12.1. The van der Waals surface area contributed by atoms with Gasteiger partial charge in [0.05, 0.1) is 0 Å². The fraction of sp³-hybridized carbons (Fsp3) is 0.0833. The second kappa shape index (κ2) is 5.54. The van der Waals surface area contributed by atoms with Crippen molar-refractivity contribution < 1.29 is 4.79 Å². The van der Waals surface area contributed by atoms with Gasteiger partial charge in [-0.2, -0.15) is 0 Å². The summed E-state index contributed by atoms with van der Waals surface area (Å²) < 4.78 is 0.684. The highest BCUT2D eigenvalue weighted by molar-refractivity contribution is 9.10. The van der Waals surface area contributed by atoms with Crippen LogP contribution in [0.5, 0.6) is 0 Å². The summed E-state index contributed by atoms with van der Waals surface area (Å²) in [5.74, 6) is -0.207. The number of nitrogens with one attached hydrogen (secondary N) is 1. The molecule has 0 atom stereocenters. The Morgan fingerprint density at radius 1 is 1.29 bits per heavy atom. The van der Waals surface area contributed by atoms with Crippen LogP contribution in [0.4, 0.5) is 0 Å². The Kier molecular flexibility index (Phi) is 3.82. The zero-order valence-corrected chi connectivity index (χ0v) is 10.5. The van der Waals surface area contributed by atoms with Gasteiger partial charge in [0.2, 0.25) is 0 Å². The van der Waals surface area contributed by atoms with E-state index in [1.807, 2.05) is 12.1 Å². The van der Waals surface area contributed by atoms with Crippen LogP contribution >= 0.6 is 15.9 Å². The molecule has 1 amide bonds. The van der Waals surface area contributed by atoms with Crippen molar-refractivity contribution in [1.29, 1.82) is 0 Å². The van der Waals surface area contributed by atoms with Gasteiger partial charge in [-0.05, 0) is 39.7 Å². The number of nitrogens with zero attached hydrogens (tertiary/aromatic N) is 2. The summed E-state index contributed by atoms with van der Waals surface area (Å²) in [6.45, 7) is 0.440. The fourth-order valence-corrected chi connectivity index (χ4v) is 1.76. The van der Waals surface area contributed by atoms with E-state index in [1.54, 1.807) is 30.7 Å². The maximum Gasteiger partial charge on any atom is 0.271 e. The summed E-state index contributed by atoms with van der Waals surface area (Å²) in [5.41, 5.74) is 1.34. The van der Waals surface area contributed by atoms with E-state index in [0.717, 1.165) is 5.56 Å². The molecule has 0 aromatic carbocycles. The molecule has 0 bridgehead atoms. The number of hydrogen-bond donors (Lipinski definition) is 1. The van der Waals surface area contributed by atoms with Crippen LogP contribution < -0.4 is 5.32 Å². The zero-order valence-electron chi connectivity index (χ0n) is 8.93. The molecule has 17 heavy (non-hydrogen) atoms. The van der Waals surface area contributed by atoms with Crippen LogP contribution in [-0.4, -0.2) is 15.9 Å². The minimum Gasteiger partial charge on any atom is -0.347 e. The van der Waals surface area contributed by atoms with Gasteiger partial charge in [0, 0.05) is 29.6 Å². The Morgan fingerprint density at radius 3 is 2.82 bits per heavy atom. The van der Waals surface area contributed by atoms with Crippen LogP contribution in [0.25, 0.3) is 0 Å². The van der Waals surface area contributed by atoms with Crippen LogP contribution in [0.15, 0.2) is 47.3 Å². The maximum atomic E-state index is 11.8. The molecule has 0 aliphatic rings. The summed E-state index contributed by atoms with van der Waals surface area (Å²) in [5, 5.41) is 2.78. The summed E-state index contributed by atoms with van der Waals surface area (Å²) in [4.78, 5) is 19.8. The van der Waals surface area contributed by atoms with E-state index in [1.165, 1.54) is 0 Å². The third-order valence-electron chi connectivity index (χ3n) is 2.15. The molecule has 2 aromatic heterocycles. The Morgan fingerprint density at radius 2 is 2.12 bits per heavy atom. The van der Waals surface area contributed by atoms with Crippen molar-refractivity contribution in [1.82, 2.24) is 15.3 Å².